The van der Waals surface area contributed by atoms with Crippen molar-refractivity contribution in [1.29, 1.82) is 0 Å². The van der Waals surface area contributed by atoms with Gasteiger partial charge in [-0.3, -0.25) is 20.3 Å². The molecule has 0 aliphatic heterocycles. The minimum Gasteiger partial charge on any atom is -0.493 e. The summed E-state index contributed by atoms with van der Waals surface area (Å²) in [6.45, 7) is 1.20. The summed E-state index contributed by atoms with van der Waals surface area (Å²) in [4.78, 5) is 21.4. The number of alkyl halides is 3. The van der Waals surface area contributed by atoms with Gasteiger partial charge >= 0.3 is 12.1 Å². The van der Waals surface area contributed by atoms with Crippen molar-refractivity contribution in [2.45, 2.75) is 13.1 Å². The molecule has 160 valence electrons. The fourth-order valence-electron chi connectivity index (χ4n) is 2.35. The number of ether oxygens (including phenoxy) is 3. The van der Waals surface area contributed by atoms with Gasteiger partial charge in [0.15, 0.2) is 11.5 Å². The molecule has 0 spiro atoms. The average molecular weight is 427 g/mol. The van der Waals surface area contributed by atoms with Crippen LogP contribution in [-0.2, 0) is 11.0 Å². The molecule has 9 nitrogen and oxygen atoms in total. The lowest BCUT2D eigenvalue weighted by atomic mass is 10.1. The summed E-state index contributed by atoms with van der Waals surface area (Å²) in [5, 5.41) is 14.9. The van der Waals surface area contributed by atoms with Gasteiger partial charge in [-0.25, -0.2) is 0 Å². The number of nitro groups is 1. The van der Waals surface area contributed by atoms with Crippen LogP contribution in [0.15, 0.2) is 35.4 Å². The minimum absolute atomic E-state index is 0.0518. The summed E-state index contributed by atoms with van der Waals surface area (Å²) in [6, 6.07) is 4.92. The van der Waals surface area contributed by atoms with E-state index in [0.29, 0.717) is 17.7 Å². The highest BCUT2D eigenvalue weighted by Gasteiger charge is 2.33. The van der Waals surface area contributed by atoms with Crippen LogP contribution in [-0.4, -0.2) is 31.3 Å². The molecule has 0 saturated heterocycles. The van der Waals surface area contributed by atoms with Crippen molar-refractivity contribution in [2.24, 2.45) is 5.10 Å². The van der Waals surface area contributed by atoms with E-state index in [2.05, 4.69) is 10.5 Å². The number of methoxy groups -OCH3 is 2. The summed E-state index contributed by atoms with van der Waals surface area (Å²) in [6.07, 6.45) is -3.49. The second kappa shape index (κ2) is 9.11. The predicted octanol–water partition coefficient (Wildman–Crippen LogP) is 4.00. The first-order chi connectivity index (χ1) is 14.1. The van der Waals surface area contributed by atoms with E-state index >= 15 is 0 Å². The number of hydrogen-bond donors (Lipinski definition) is 1. The van der Waals surface area contributed by atoms with Crippen LogP contribution < -0.4 is 19.6 Å². The first-order valence-electron chi connectivity index (χ1n) is 8.16. The van der Waals surface area contributed by atoms with E-state index in [0.717, 1.165) is 6.07 Å². The van der Waals surface area contributed by atoms with Crippen LogP contribution in [0.4, 0.5) is 24.5 Å². The molecule has 30 heavy (non-hydrogen) atoms. The van der Waals surface area contributed by atoms with Gasteiger partial charge in [0.2, 0.25) is 5.75 Å². The maximum Gasteiger partial charge on any atom is 0.416 e. The molecule has 0 unspecified atom stereocenters. The van der Waals surface area contributed by atoms with E-state index in [1.165, 1.54) is 39.5 Å². The second-order valence-electron chi connectivity index (χ2n) is 5.70. The fraction of sp³-hybridized carbons (Fsp3) is 0.222. The molecule has 0 aliphatic rings. The molecule has 0 radical (unpaired) electrons. The molecule has 0 fully saturated rings. The zero-order valence-corrected chi connectivity index (χ0v) is 15.9. The number of hydrazone groups is 1. The van der Waals surface area contributed by atoms with Crippen LogP contribution in [0.5, 0.6) is 17.2 Å². The number of benzene rings is 2. The van der Waals surface area contributed by atoms with Crippen LogP contribution in [0.3, 0.4) is 0 Å². The molecular weight excluding hydrogens is 411 g/mol. The maximum atomic E-state index is 12.8. The topological polar surface area (TPSA) is 112 Å². The van der Waals surface area contributed by atoms with Gasteiger partial charge in [-0.2, -0.15) is 18.3 Å². The molecule has 2 aromatic carbocycles. The normalized spacial score (nSPS) is 11.3. The third-order valence-electron chi connectivity index (χ3n) is 3.65. The van der Waals surface area contributed by atoms with Crippen LogP contribution in [0, 0.1) is 10.1 Å². The van der Waals surface area contributed by atoms with Crippen LogP contribution in [0.25, 0.3) is 0 Å². The Kier molecular flexibility index (Phi) is 6.82. The molecule has 0 atom stereocenters. The summed E-state index contributed by atoms with van der Waals surface area (Å²) in [5.41, 5.74) is 0.548. The lowest BCUT2D eigenvalue weighted by Gasteiger charge is -2.13. The quantitative estimate of drug-likeness (QED) is 0.234. The number of anilines is 1. The van der Waals surface area contributed by atoms with Gasteiger partial charge in [-0.15, -0.1) is 0 Å². The van der Waals surface area contributed by atoms with Gasteiger partial charge in [-0.05, 0) is 24.3 Å². The van der Waals surface area contributed by atoms with Crippen molar-refractivity contribution in [1.82, 2.24) is 0 Å². The Morgan fingerprint density at radius 3 is 2.23 bits per heavy atom. The fourth-order valence-corrected chi connectivity index (χ4v) is 2.35. The monoisotopic (exact) mass is 427 g/mol. The number of hydrogen-bond acceptors (Lipinski definition) is 8. The van der Waals surface area contributed by atoms with Crippen molar-refractivity contribution in [3.8, 4) is 17.2 Å². The Labute approximate surface area is 168 Å². The highest BCUT2D eigenvalue weighted by atomic mass is 19.4. The van der Waals surface area contributed by atoms with Crippen LogP contribution in [0.2, 0.25) is 0 Å². The molecule has 0 bridgehead atoms. The lowest BCUT2D eigenvalue weighted by Crippen LogP contribution is -2.07. The second-order valence-corrected chi connectivity index (χ2v) is 5.70. The Bertz CT molecular complexity index is 967. The van der Waals surface area contributed by atoms with Crippen molar-refractivity contribution < 1.29 is 37.1 Å². The number of nitrogens with one attached hydrogen (secondary N) is 1. The molecule has 2 aromatic rings. The molecule has 2 rings (SSSR count). The van der Waals surface area contributed by atoms with Gasteiger partial charge in [-0.1, -0.05) is 0 Å². The molecule has 0 saturated carbocycles. The highest BCUT2D eigenvalue weighted by Crippen LogP contribution is 2.38. The molecule has 1 N–H and O–H groups in total. The van der Waals surface area contributed by atoms with Crippen molar-refractivity contribution in [3.05, 3.63) is 51.6 Å². The zero-order valence-electron chi connectivity index (χ0n) is 15.9. The zero-order chi connectivity index (χ0) is 22.5. The Balaban J connectivity index is 2.33. The van der Waals surface area contributed by atoms with Gasteiger partial charge in [0.25, 0.3) is 5.69 Å². The Hall–Kier alpha value is -3.83. The predicted molar refractivity (Wildman–Crippen MR) is 100 cm³/mol. The average Bonchev–Trinajstić information content (AvgIpc) is 2.67. The summed E-state index contributed by atoms with van der Waals surface area (Å²) < 4.78 is 53.7. The number of esters is 1. The van der Waals surface area contributed by atoms with Gasteiger partial charge < -0.3 is 14.2 Å². The van der Waals surface area contributed by atoms with Gasteiger partial charge in [0, 0.05) is 18.6 Å². The highest BCUT2D eigenvalue weighted by molar-refractivity contribution is 5.84. The summed E-state index contributed by atoms with van der Waals surface area (Å²) >= 11 is 0. The van der Waals surface area contributed by atoms with E-state index in [-0.39, 0.29) is 22.9 Å². The standard InChI is InChI=1S/C18H16F3N3O6/c1-10(25)30-17-15(28-2)6-11(7-16(17)29-3)9-22-23-13-5-4-12(18(19,20)21)8-14(13)24(26)27/h4-9,23H,1-3H3. The summed E-state index contributed by atoms with van der Waals surface area (Å²) in [7, 11) is 2.68. The van der Waals surface area contributed by atoms with E-state index in [1.807, 2.05) is 0 Å². The number of carbonyl (C=O) groups excluding carboxylic acids is 1. The Morgan fingerprint density at radius 2 is 1.77 bits per heavy atom. The molecule has 0 aromatic heterocycles. The minimum atomic E-state index is -4.72. The smallest absolute Gasteiger partial charge is 0.416 e. The number of carbonyl (C=O) groups is 1. The lowest BCUT2D eigenvalue weighted by molar-refractivity contribution is -0.384. The summed E-state index contributed by atoms with van der Waals surface area (Å²) in [5.74, 6) is -0.224. The van der Waals surface area contributed by atoms with Crippen molar-refractivity contribution in [3.63, 3.8) is 0 Å². The maximum absolute atomic E-state index is 12.8. The molecule has 0 aliphatic carbocycles. The molecule has 0 amide bonds. The van der Waals surface area contributed by atoms with Crippen LogP contribution >= 0.6 is 0 Å². The first-order valence-corrected chi connectivity index (χ1v) is 8.16. The van der Waals surface area contributed by atoms with Crippen molar-refractivity contribution >= 4 is 23.6 Å². The SMILES string of the molecule is COc1cc(C=NNc2ccc(C(F)(F)F)cc2[N+](=O)[O-])cc(OC)c1OC(C)=O. The van der Waals surface area contributed by atoms with Crippen LogP contribution in [0.1, 0.15) is 18.1 Å². The first kappa shape index (κ1) is 22.5. The molecular formula is C18H16F3N3O6. The van der Waals surface area contributed by atoms with E-state index in [9.17, 15) is 28.1 Å². The van der Waals surface area contributed by atoms with E-state index < -0.39 is 28.3 Å². The number of nitro benzene ring substituents is 1. The van der Waals surface area contributed by atoms with Gasteiger partial charge in [0.1, 0.15) is 5.69 Å². The van der Waals surface area contributed by atoms with E-state index in [4.69, 9.17) is 14.2 Å². The molecule has 12 heteroatoms. The van der Waals surface area contributed by atoms with Crippen molar-refractivity contribution in [2.75, 3.05) is 19.6 Å². The number of nitrogens with zero attached hydrogens (tertiary/aromatic N) is 2. The third-order valence-corrected chi connectivity index (χ3v) is 3.65. The Morgan fingerprint density at radius 1 is 1.17 bits per heavy atom. The largest absolute Gasteiger partial charge is 0.493 e. The molecule has 0 heterocycles. The van der Waals surface area contributed by atoms with Gasteiger partial charge in [0.05, 0.1) is 30.9 Å². The third kappa shape index (κ3) is 5.37. The number of rotatable bonds is 7. The number of halogens is 3. The van der Waals surface area contributed by atoms with E-state index in [1.54, 1.807) is 0 Å².